The van der Waals surface area contributed by atoms with Gasteiger partial charge in [0, 0.05) is 26.6 Å². The van der Waals surface area contributed by atoms with E-state index in [2.05, 4.69) is 10.1 Å². The number of nitrogens with zero attached hydrogens (tertiary/aromatic N) is 2. The molecule has 1 heterocycles. The van der Waals surface area contributed by atoms with E-state index in [0.717, 1.165) is 41.2 Å². The molecule has 0 spiro atoms. The van der Waals surface area contributed by atoms with Crippen molar-refractivity contribution < 1.29 is 18.0 Å². The van der Waals surface area contributed by atoms with E-state index in [0.29, 0.717) is 19.6 Å². The molecule has 0 unspecified atom stereocenters. The maximum Gasteiger partial charge on any atom is 0.335 e. The van der Waals surface area contributed by atoms with Crippen molar-refractivity contribution in [3.8, 4) is 0 Å². The largest absolute Gasteiger partial charge is 0.352 e. The summed E-state index contributed by atoms with van der Waals surface area (Å²) in [6.07, 6.45) is 2.85. The van der Waals surface area contributed by atoms with E-state index in [-0.39, 0.29) is 23.4 Å². The van der Waals surface area contributed by atoms with E-state index >= 15 is 0 Å². The zero-order valence-corrected chi connectivity index (χ0v) is 20.6. The van der Waals surface area contributed by atoms with Gasteiger partial charge in [0.15, 0.2) is 0 Å². The highest BCUT2D eigenvalue weighted by molar-refractivity contribution is 7.89. The molecule has 0 radical (unpaired) electrons. The number of fused-ring (bicyclic) bond motifs is 1. The Balaban J connectivity index is 1.57. The lowest BCUT2D eigenvalue weighted by Crippen LogP contribution is -2.52. The van der Waals surface area contributed by atoms with Gasteiger partial charge in [-0.3, -0.25) is 4.79 Å². The van der Waals surface area contributed by atoms with Crippen LogP contribution in [0.15, 0.2) is 71.6 Å². The Bertz CT molecular complexity index is 1300. The molecule has 1 aliphatic rings. The van der Waals surface area contributed by atoms with Gasteiger partial charge in [0.25, 0.3) is 10.0 Å². The summed E-state index contributed by atoms with van der Waals surface area (Å²) in [5, 5.41) is 5.66. The first-order valence-electron chi connectivity index (χ1n) is 11.7. The topological polar surface area (TPSA) is 98.8 Å². The number of carbonyl (C=O) groups is 2. The molecule has 8 nitrogen and oxygen atoms in total. The van der Waals surface area contributed by atoms with Crippen LogP contribution in [0.1, 0.15) is 37.3 Å². The SMILES string of the molecule is CC(=O)NCc1ccc(CN(NS(=O)(=O)c2ccc3ccccc3c2)C(=O)N2CCCCC2)cc1. The third kappa shape index (κ3) is 6.37. The molecule has 0 bridgehead atoms. The summed E-state index contributed by atoms with van der Waals surface area (Å²) in [4.78, 5) is 28.8. The van der Waals surface area contributed by atoms with Crippen LogP contribution >= 0.6 is 0 Å². The Labute approximate surface area is 205 Å². The van der Waals surface area contributed by atoms with E-state index in [1.807, 2.05) is 48.5 Å². The second kappa shape index (κ2) is 10.9. The Morgan fingerprint density at radius 2 is 1.54 bits per heavy atom. The first-order valence-corrected chi connectivity index (χ1v) is 13.2. The molecule has 3 amide bonds. The van der Waals surface area contributed by atoms with E-state index in [1.165, 1.54) is 11.9 Å². The highest BCUT2D eigenvalue weighted by Gasteiger charge is 2.27. The molecule has 184 valence electrons. The lowest BCUT2D eigenvalue weighted by Gasteiger charge is -2.33. The van der Waals surface area contributed by atoms with E-state index in [4.69, 9.17) is 0 Å². The van der Waals surface area contributed by atoms with E-state index in [9.17, 15) is 18.0 Å². The van der Waals surface area contributed by atoms with Gasteiger partial charge in [-0.2, -0.15) is 0 Å². The second-order valence-electron chi connectivity index (χ2n) is 8.75. The Morgan fingerprint density at radius 3 is 2.23 bits per heavy atom. The van der Waals surface area contributed by atoms with Crippen molar-refractivity contribution in [2.45, 2.75) is 44.2 Å². The molecule has 1 saturated heterocycles. The van der Waals surface area contributed by atoms with Crippen molar-refractivity contribution in [2.75, 3.05) is 13.1 Å². The third-order valence-corrected chi connectivity index (χ3v) is 7.36. The minimum Gasteiger partial charge on any atom is -0.352 e. The van der Waals surface area contributed by atoms with Crippen molar-refractivity contribution in [1.82, 2.24) is 20.1 Å². The molecule has 1 fully saturated rings. The predicted molar refractivity (Wildman–Crippen MR) is 135 cm³/mol. The van der Waals surface area contributed by atoms with Crippen LogP contribution < -0.4 is 10.1 Å². The van der Waals surface area contributed by atoms with E-state index in [1.54, 1.807) is 23.1 Å². The van der Waals surface area contributed by atoms with E-state index < -0.39 is 10.0 Å². The molecule has 1 aliphatic heterocycles. The standard InChI is InChI=1S/C26H30N4O4S/c1-20(31)27-18-21-9-11-22(12-10-21)19-30(26(32)29-15-5-2-6-16-29)28-35(33,34)25-14-13-23-7-3-4-8-24(23)17-25/h3-4,7-14,17,28H,2,5-6,15-16,18-19H2,1H3,(H,27,31). The third-order valence-electron chi connectivity index (χ3n) is 6.02. The van der Waals surface area contributed by atoms with Gasteiger partial charge in [0.2, 0.25) is 5.91 Å². The molecule has 0 saturated carbocycles. The molecular formula is C26H30N4O4S. The highest BCUT2D eigenvalue weighted by Crippen LogP contribution is 2.20. The molecule has 0 aromatic heterocycles. The number of hydrogen-bond acceptors (Lipinski definition) is 4. The lowest BCUT2D eigenvalue weighted by molar-refractivity contribution is -0.119. The minimum atomic E-state index is -4.00. The van der Waals surface area contributed by atoms with Crippen LogP contribution in [0, 0.1) is 0 Å². The summed E-state index contributed by atoms with van der Waals surface area (Å²) in [5.41, 5.74) is 1.68. The number of hydrazine groups is 1. The van der Waals surface area contributed by atoms with Crippen molar-refractivity contribution in [2.24, 2.45) is 0 Å². The number of hydrogen-bond donors (Lipinski definition) is 2. The van der Waals surface area contributed by atoms with Crippen molar-refractivity contribution in [3.63, 3.8) is 0 Å². The number of sulfonamides is 1. The summed E-state index contributed by atoms with van der Waals surface area (Å²) >= 11 is 0. The normalized spacial score (nSPS) is 14.0. The molecule has 35 heavy (non-hydrogen) atoms. The number of rotatable bonds is 7. The fourth-order valence-corrected chi connectivity index (χ4v) is 5.17. The van der Waals surface area contributed by atoms with Crippen LogP contribution in [0.2, 0.25) is 0 Å². The molecule has 9 heteroatoms. The van der Waals surface area contributed by atoms with Gasteiger partial charge in [-0.25, -0.2) is 18.2 Å². The molecule has 4 rings (SSSR count). The second-order valence-corrected chi connectivity index (χ2v) is 10.4. The fraction of sp³-hybridized carbons (Fsp3) is 0.308. The van der Waals surface area contributed by atoms with Gasteiger partial charge in [0.1, 0.15) is 0 Å². The van der Waals surface area contributed by atoms with Gasteiger partial charge >= 0.3 is 6.03 Å². The highest BCUT2D eigenvalue weighted by atomic mass is 32.2. The molecule has 0 atom stereocenters. The zero-order valence-electron chi connectivity index (χ0n) is 19.7. The van der Waals surface area contributed by atoms with Gasteiger partial charge in [-0.1, -0.05) is 54.6 Å². The Kier molecular flexibility index (Phi) is 7.67. The monoisotopic (exact) mass is 494 g/mol. The number of benzene rings is 3. The molecule has 2 N–H and O–H groups in total. The number of amides is 3. The number of piperidine rings is 1. The Morgan fingerprint density at radius 1 is 0.886 bits per heavy atom. The van der Waals surface area contributed by atoms with Crippen LogP contribution in [0.5, 0.6) is 0 Å². The smallest absolute Gasteiger partial charge is 0.335 e. The summed E-state index contributed by atoms with van der Waals surface area (Å²) in [6.45, 7) is 3.13. The van der Waals surface area contributed by atoms with Gasteiger partial charge in [-0.05, 0) is 53.3 Å². The predicted octanol–water partition coefficient (Wildman–Crippen LogP) is 3.78. The lowest BCUT2D eigenvalue weighted by atomic mass is 10.1. The summed E-state index contributed by atoms with van der Waals surface area (Å²) in [6, 6.07) is 19.4. The summed E-state index contributed by atoms with van der Waals surface area (Å²) in [5.74, 6) is -0.115. The number of nitrogens with one attached hydrogen (secondary N) is 2. The van der Waals surface area contributed by atoms with Crippen LogP contribution in [-0.2, 0) is 27.9 Å². The van der Waals surface area contributed by atoms with Crippen LogP contribution in [0.3, 0.4) is 0 Å². The maximum atomic E-state index is 13.3. The van der Waals surface area contributed by atoms with Gasteiger partial charge in [0.05, 0.1) is 11.4 Å². The Hall–Kier alpha value is -3.43. The summed E-state index contributed by atoms with van der Waals surface area (Å²) in [7, 11) is -4.00. The number of carbonyl (C=O) groups excluding carboxylic acids is 2. The van der Waals surface area contributed by atoms with Gasteiger partial charge in [-0.15, -0.1) is 4.83 Å². The maximum absolute atomic E-state index is 13.3. The van der Waals surface area contributed by atoms with Crippen LogP contribution in [-0.4, -0.2) is 43.4 Å². The van der Waals surface area contributed by atoms with Crippen molar-refractivity contribution in [3.05, 3.63) is 77.9 Å². The fourth-order valence-electron chi connectivity index (χ4n) is 4.10. The first-order chi connectivity index (χ1) is 16.8. The molecule has 3 aromatic carbocycles. The number of urea groups is 1. The minimum absolute atomic E-state index is 0.0720. The average Bonchev–Trinajstić information content (AvgIpc) is 2.87. The van der Waals surface area contributed by atoms with Crippen molar-refractivity contribution >= 4 is 32.7 Å². The van der Waals surface area contributed by atoms with Gasteiger partial charge < -0.3 is 10.2 Å². The summed E-state index contributed by atoms with van der Waals surface area (Å²) < 4.78 is 26.6. The molecule has 0 aliphatic carbocycles. The first kappa shape index (κ1) is 24.7. The zero-order chi connectivity index (χ0) is 24.8. The number of likely N-dealkylation sites (tertiary alicyclic amines) is 1. The van der Waals surface area contributed by atoms with Crippen molar-refractivity contribution in [1.29, 1.82) is 0 Å². The molecular weight excluding hydrogens is 464 g/mol. The average molecular weight is 495 g/mol. The molecule has 3 aromatic rings. The quantitative estimate of drug-likeness (QED) is 0.489. The van der Waals surface area contributed by atoms with Crippen LogP contribution in [0.25, 0.3) is 10.8 Å². The van der Waals surface area contributed by atoms with Crippen LogP contribution in [0.4, 0.5) is 4.79 Å².